The Labute approximate surface area is 189 Å². The lowest BCUT2D eigenvalue weighted by molar-refractivity contribution is -0.119. The molecule has 1 amide bonds. The molecule has 0 radical (unpaired) electrons. The van der Waals surface area contributed by atoms with Gasteiger partial charge < -0.3 is 10.1 Å². The molecule has 0 fully saturated rings. The molecule has 3 aromatic carbocycles. The lowest BCUT2D eigenvalue weighted by Crippen LogP contribution is -2.41. The molecule has 0 aliphatic rings. The van der Waals surface area contributed by atoms with Crippen molar-refractivity contribution in [2.75, 3.05) is 24.0 Å². The number of hydrogen-bond acceptors (Lipinski definition) is 4. The minimum absolute atomic E-state index is 0.137. The van der Waals surface area contributed by atoms with Crippen LogP contribution in [0.25, 0.3) is 0 Å². The molecule has 0 saturated carbocycles. The van der Waals surface area contributed by atoms with Gasteiger partial charge in [0.25, 0.3) is 10.0 Å². The molecule has 0 aromatic heterocycles. The second kappa shape index (κ2) is 10.3. The minimum Gasteiger partial charge on any atom is -0.491 e. The summed E-state index contributed by atoms with van der Waals surface area (Å²) in [5.74, 6) is 0.362. The molecule has 0 atom stereocenters. The Balaban J connectivity index is 1.68. The van der Waals surface area contributed by atoms with E-state index in [1.807, 2.05) is 39.0 Å². The van der Waals surface area contributed by atoms with Crippen molar-refractivity contribution >= 4 is 21.6 Å². The fourth-order valence-electron chi connectivity index (χ4n) is 3.17. The van der Waals surface area contributed by atoms with Gasteiger partial charge in [-0.1, -0.05) is 48.0 Å². The average Bonchev–Trinajstić information content (AvgIpc) is 2.78. The molecule has 0 saturated heterocycles. The molecule has 3 aromatic rings. The molecule has 0 unspecified atom stereocenters. The fraction of sp³-hybridized carbons (Fsp3) is 0.240. The number of nitrogens with zero attached hydrogens (tertiary/aromatic N) is 1. The molecule has 0 aliphatic heterocycles. The highest BCUT2D eigenvalue weighted by molar-refractivity contribution is 7.92. The number of para-hydroxylation sites is 1. The van der Waals surface area contributed by atoms with Gasteiger partial charge in [0.1, 0.15) is 18.9 Å². The maximum absolute atomic E-state index is 13.3. The van der Waals surface area contributed by atoms with E-state index in [0.717, 1.165) is 26.7 Å². The summed E-state index contributed by atoms with van der Waals surface area (Å²) in [7, 11) is -3.91. The van der Waals surface area contributed by atoms with Crippen molar-refractivity contribution in [3.8, 4) is 5.75 Å². The summed E-state index contributed by atoms with van der Waals surface area (Å²) in [4.78, 5) is 12.8. The van der Waals surface area contributed by atoms with E-state index >= 15 is 0 Å². The van der Waals surface area contributed by atoms with Crippen molar-refractivity contribution in [1.29, 1.82) is 0 Å². The average molecular weight is 453 g/mol. The van der Waals surface area contributed by atoms with Crippen molar-refractivity contribution in [2.24, 2.45) is 0 Å². The van der Waals surface area contributed by atoms with Gasteiger partial charge in [0.2, 0.25) is 5.91 Å². The third-order valence-corrected chi connectivity index (χ3v) is 6.97. The highest BCUT2D eigenvalue weighted by Gasteiger charge is 2.27. The molecule has 6 nitrogen and oxygen atoms in total. The first-order chi connectivity index (χ1) is 15.3. The fourth-order valence-corrected chi connectivity index (χ4v) is 4.59. The van der Waals surface area contributed by atoms with Gasteiger partial charge in [-0.3, -0.25) is 9.10 Å². The zero-order valence-electron chi connectivity index (χ0n) is 18.5. The SMILES string of the molecule is Cc1ccc(S(=O)(=O)N(CC(=O)NCCOc2cccc(C)c2C)c2ccccc2)cc1. The lowest BCUT2D eigenvalue weighted by Gasteiger charge is -2.24. The maximum atomic E-state index is 13.3. The Bertz CT molecular complexity index is 1160. The number of benzene rings is 3. The van der Waals surface area contributed by atoms with Gasteiger partial charge in [-0.2, -0.15) is 0 Å². The number of amides is 1. The topological polar surface area (TPSA) is 75.7 Å². The molecule has 32 heavy (non-hydrogen) atoms. The zero-order chi connectivity index (χ0) is 23.1. The van der Waals surface area contributed by atoms with E-state index in [-0.39, 0.29) is 24.6 Å². The van der Waals surface area contributed by atoms with Crippen LogP contribution in [0.15, 0.2) is 77.7 Å². The van der Waals surface area contributed by atoms with E-state index in [9.17, 15) is 13.2 Å². The molecule has 0 bridgehead atoms. The number of sulfonamides is 1. The predicted molar refractivity (Wildman–Crippen MR) is 127 cm³/mol. The first kappa shape index (κ1) is 23.3. The third-order valence-electron chi connectivity index (χ3n) is 5.18. The number of rotatable bonds is 9. The van der Waals surface area contributed by atoms with Gasteiger partial charge in [0, 0.05) is 0 Å². The van der Waals surface area contributed by atoms with Crippen LogP contribution in [0.2, 0.25) is 0 Å². The molecule has 1 N–H and O–H groups in total. The second-order valence-electron chi connectivity index (χ2n) is 7.56. The van der Waals surface area contributed by atoms with Crippen LogP contribution in [0, 0.1) is 20.8 Å². The van der Waals surface area contributed by atoms with Crippen LogP contribution in [0.3, 0.4) is 0 Å². The second-order valence-corrected chi connectivity index (χ2v) is 9.42. The van der Waals surface area contributed by atoms with Crippen LogP contribution in [-0.4, -0.2) is 34.0 Å². The number of carbonyl (C=O) groups excluding carboxylic acids is 1. The third kappa shape index (κ3) is 5.68. The largest absolute Gasteiger partial charge is 0.491 e. The monoisotopic (exact) mass is 452 g/mol. The highest BCUT2D eigenvalue weighted by atomic mass is 32.2. The number of anilines is 1. The number of nitrogens with one attached hydrogen (secondary N) is 1. The summed E-state index contributed by atoms with van der Waals surface area (Å²) in [6, 6.07) is 21.0. The van der Waals surface area contributed by atoms with Crippen LogP contribution < -0.4 is 14.4 Å². The quantitative estimate of drug-likeness (QED) is 0.498. The summed E-state index contributed by atoms with van der Waals surface area (Å²) in [6.45, 7) is 6.10. The van der Waals surface area contributed by atoms with Gasteiger partial charge in [-0.15, -0.1) is 0 Å². The first-order valence-electron chi connectivity index (χ1n) is 10.4. The predicted octanol–water partition coefficient (Wildman–Crippen LogP) is 4.00. The minimum atomic E-state index is -3.91. The van der Waals surface area contributed by atoms with Crippen molar-refractivity contribution < 1.29 is 17.9 Å². The molecule has 168 valence electrons. The molecular weight excluding hydrogens is 424 g/mol. The zero-order valence-corrected chi connectivity index (χ0v) is 19.4. The summed E-state index contributed by atoms with van der Waals surface area (Å²) in [5.41, 5.74) is 3.57. The van der Waals surface area contributed by atoms with E-state index in [2.05, 4.69) is 5.32 Å². The summed E-state index contributed by atoms with van der Waals surface area (Å²) in [6.07, 6.45) is 0. The molecular formula is C25H28N2O4S. The van der Waals surface area contributed by atoms with Gasteiger partial charge in [-0.05, 0) is 62.2 Å². The molecule has 0 spiro atoms. The number of hydrogen-bond donors (Lipinski definition) is 1. The summed E-state index contributed by atoms with van der Waals surface area (Å²) in [5, 5.41) is 2.75. The van der Waals surface area contributed by atoms with Crippen LogP contribution in [0.1, 0.15) is 16.7 Å². The Morgan fingerprint density at radius 3 is 2.28 bits per heavy atom. The number of carbonyl (C=O) groups is 1. The Hall–Kier alpha value is -3.32. The van der Waals surface area contributed by atoms with E-state index in [0.29, 0.717) is 5.69 Å². The van der Waals surface area contributed by atoms with E-state index in [1.165, 1.54) is 0 Å². The Morgan fingerprint density at radius 1 is 0.906 bits per heavy atom. The van der Waals surface area contributed by atoms with E-state index < -0.39 is 15.9 Å². The number of aryl methyl sites for hydroxylation is 2. The molecule has 3 rings (SSSR count). The molecule has 0 aliphatic carbocycles. The van der Waals surface area contributed by atoms with Gasteiger partial charge in [-0.25, -0.2) is 8.42 Å². The van der Waals surface area contributed by atoms with Crippen molar-refractivity contribution in [2.45, 2.75) is 25.7 Å². The standard InChI is InChI=1S/C25H28N2O4S/c1-19-12-14-23(15-13-19)32(29,30)27(22-9-5-4-6-10-22)18-25(28)26-16-17-31-24-11-7-8-20(2)21(24)3/h4-15H,16-18H2,1-3H3,(H,26,28). The van der Waals surface area contributed by atoms with Gasteiger partial charge in [0.15, 0.2) is 0 Å². The van der Waals surface area contributed by atoms with Gasteiger partial charge >= 0.3 is 0 Å². The summed E-state index contributed by atoms with van der Waals surface area (Å²) < 4.78 is 33.5. The van der Waals surface area contributed by atoms with Crippen molar-refractivity contribution in [1.82, 2.24) is 5.32 Å². The normalized spacial score (nSPS) is 11.1. The number of ether oxygens (including phenoxy) is 1. The summed E-state index contributed by atoms with van der Waals surface area (Å²) >= 11 is 0. The van der Waals surface area contributed by atoms with Crippen LogP contribution >= 0.6 is 0 Å². The Kier molecular flexibility index (Phi) is 7.53. The molecule has 7 heteroatoms. The lowest BCUT2D eigenvalue weighted by atomic mass is 10.1. The van der Waals surface area contributed by atoms with E-state index in [1.54, 1.807) is 54.6 Å². The van der Waals surface area contributed by atoms with E-state index in [4.69, 9.17) is 4.74 Å². The van der Waals surface area contributed by atoms with Crippen LogP contribution in [0.4, 0.5) is 5.69 Å². The Morgan fingerprint density at radius 2 is 1.59 bits per heavy atom. The van der Waals surface area contributed by atoms with Crippen LogP contribution in [-0.2, 0) is 14.8 Å². The van der Waals surface area contributed by atoms with Crippen LogP contribution in [0.5, 0.6) is 5.75 Å². The first-order valence-corrected chi connectivity index (χ1v) is 11.8. The molecule has 0 heterocycles. The smallest absolute Gasteiger partial charge is 0.264 e. The van der Waals surface area contributed by atoms with Gasteiger partial charge in [0.05, 0.1) is 17.1 Å². The van der Waals surface area contributed by atoms with Crippen molar-refractivity contribution in [3.63, 3.8) is 0 Å². The maximum Gasteiger partial charge on any atom is 0.264 e. The highest BCUT2D eigenvalue weighted by Crippen LogP contribution is 2.23. The van der Waals surface area contributed by atoms with Crippen molar-refractivity contribution in [3.05, 3.63) is 89.5 Å².